The molecule has 0 saturated carbocycles. The minimum atomic E-state index is 0.630. The predicted octanol–water partition coefficient (Wildman–Crippen LogP) is 2.23. The van der Waals surface area contributed by atoms with E-state index in [1.54, 1.807) is 11.4 Å². The smallest absolute Gasteiger partial charge is 0.144 e. The molecule has 0 spiro atoms. The van der Waals surface area contributed by atoms with Crippen LogP contribution in [0.15, 0.2) is 16.8 Å². The fourth-order valence-corrected chi connectivity index (χ4v) is 0.876. The molecule has 0 fully saturated rings. The normalized spacial score (nSPS) is 7.86. The number of hydrogen-bond donors (Lipinski definition) is 0. The molecular weight excluding hydrogens is 108 g/mol. The molecule has 1 aromatic rings. The Balaban J connectivity index is 3.04. The highest BCUT2D eigenvalue weighted by Gasteiger charge is 1.98. The number of nitrogens with zero attached hydrogens (tertiary/aromatic N) is 2. The number of diazo groups is 1. The molecule has 1 rings (SSSR count). The topological polar surface area (TPSA) is 28.1 Å². The molecule has 0 atom stereocenters. The van der Waals surface area contributed by atoms with E-state index in [4.69, 9.17) is 5.39 Å². The van der Waals surface area contributed by atoms with Crippen LogP contribution >= 0.6 is 11.3 Å². The molecule has 0 unspecified atom stereocenters. The quantitative estimate of drug-likeness (QED) is 0.472. The molecule has 0 N–H and O–H groups in total. The van der Waals surface area contributed by atoms with Crippen LogP contribution in [0.3, 0.4) is 0 Å². The van der Waals surface area contributed by atoms with Gasteiger partial charge < -0.3 is 0 Å². The van der Waals surface area contributed by atoms with Gasteiger partial charge in [-0.05, 0) is 5.38 Å². The highest BCUT2D eigenvalue weighted by Crippen LogP contribution is 2.14. The standard InChI is InChI=1S/C4H3N2S/c5-6-4-1-2-7-3-4/h1-3H/q+1. The number of rotatable bonds is 0. The summed E-state index contributed by atoms with van der Waals surface area (Å²) in [4.78, 5) is 2.94. The van der Waals surface area contributed by atoms with Gasteiger partial charge in [-0.1, -0.05) is 0 Å². The molecule has 0 radical (unpaired) electrons. The molecule has 0 aliphatic rings. The molecule has 0 amide bonds. The predicted molar refractivity (Wildman–Crippen MR) is 29.1 cm³/mol. The second-order valence-corrected chi connectivity index (χ2v) is 1.86. The zero-order valence-electron chi connectivity index (χ0n) is 3.53. The maximum atomic E-state index is 8.06. The number of thiophene rings is 1. The van der Waals surface area contributed by atoms with Crippen LogP contribution < -0.4 is 0 Å². The van der Waals surface area contributed by atoms with Crippen LogP contribution in [0.25, 0.3) is 4.98 Å². The summed E-state index contributed by atoms with van der Waals surface area (Å²) in [6.45, 7) is 0. The summed E-state index contributed by atoms with van der Waals surface area (Å²) in [5, 5.41) is 11.7. The van der Waals surface area contributed by atoms with Gasteiger partial charge in [-0.15, -0.1) is 11.3 Å². The first kappa shape index (κ1) is 4.28. The first-order valence-electron chi connectivity index (χ1n) is 1.81. The lowest BCUT2D eigenvalue weighted by Crippen LogP contribution is -1.34. The maximum Gasteiger partial charge on any atom is 0.395 e. The van der Waals surface area contributed by atoms with Crippen molar-refractivity contribution in [3.8, 4) is 0 Å². The van der Waals surface area contributed by atoms with Crippen molar-refractivity contribution in [1.29, 1.82) is 5.39 Å². The Morgan fingerprint density at radius 2 is 2.57 bits per heavy atom. The van der Waals surface area contributed by atoms with Crippen molar-refractivity contribution in [1.82, 2.24) is 0 Å². The minimum absolute atomic E-state index is 0.630. The van der Waals surface area contributed by atoms with Gasteiger partial charge in [-0.2, -0.15) is 0 Å². The van der Waals surface area contributed by atoms with Gasteiger partial charge in [0.1, 0.15) is 0 Å². The minimum Gasteiger partial charge on any atom is -0.144 e. The van der Waals surface area contributed by atoms with Crippen LogP contribution in [0.4, 0.5) is 5.69 Å². The lowest BCUT2D eigenvalue weighted by Gasteiger charge is -1.43. The first-order valence-corrected chi connectivity index (χ1v) is 2.75. The van der Waals surface area contributed by atoms with Gasteiger partial charge >= 0.3 is 5.69 Å². The summed E-state index contributed by atoms with van der Waals surface area (Å²) in [7, 11) is 0. The van der Waals surface area contributed by atoms with E-state index in [9.17, 15) is 0 Å². The third-order valence-electron chi connectivity index (χ3n) is 0.622. The Hall–Kier alpha value is -0.880. The summed E-state index contributed by atoms with van der Waals surface area (Å²) in [6, 6.07) is 1.74. The van der Waals surface area contributed by atoms with Crippen LogP contribution in [0.2, 0.25) is 0 Å². The van der Waals surface area contributed by atoms with Crippen LogP contribution in [0.1, 0.15) is 0 Å². The third-order valence-corrected chi connectivity index (χ3v) is 1.29. The van der Waals surface area contributed by atoms with Crippen molar-refractivity contribution in [3.63, 3.8) is 0 Å². The first-order chi connectivity index (χ1) is 3.43. The Morgan fingerprint density at radius 1 is 1.71 bits per heavy atom. The van der Waals surface area contributed by atoms with Gasteiger partial charge in [-0.25, -0.2) is 0 Å². The van der Waals surface area contributed by atoms with Crippen molar-refractivity contribution >= 4 is 17.0 Å². The highest BCUT2D eigenvalue weighted by atomic mass is 32.1. The molecule has 0 bridgehead atoms. The summed E-state index contributed by atoms with van der Waals surface area (Å²) < 4.78 is 0. The second-order valence-electron chi connectivity index (χ2n) is 1.08. The SMILES string of the molecule is N#[N+]c1ccsc1. The fourth-order valence-electron chi connectivity index (χ4n) is 0.314. The zero-order valence-corrected chi connectivity index (χ0v) is 4.35. The monoisotopic (exact) mass is 111 g/mol. The van der Waals surface area contributed by atoms with Crippen LogP contribution in [0, 0.1) is 5.39 Å². The van der Waals surface area contributed by atoms with Gasteiger partial charge in [0.15, 0.2) is 4.98 Å². The largest absolute Gasteiger partial charge is 0.395 e. The van der Waals surface area contributed by atoms with Crippen molar-refractivity contribution in [2.45, 2.75) is 0 Å². The van der Waals surface area contributed by atoms with E-state index in [0.717, 1.165) is 0 Å². The van der Waals surface area contributed by atoms with Crippen molar-refractivity contribution in [2.24, 2.45) is 0 Å². The van der Waals surface area contributed by atoms with Crippen LogP contribution in [-0.4, -0.2) is 0 Å². The van der Waals surface area contributed by atoms with Gasteiger partial charge in [0.25, 0.3) is 0 Å². The molecule has 1 heterocycles. The second kappa shape index (κ2) is 1.71. The molecule has 1 aromatic heterocycles. The Bertz CT molecular complexity index is 172. The molecule has 0 aromatic carbocycles. The summed E-state index contributed by atoms with van der Waals surface area (Å²) in [5.41, 5.74) is 0.630. The van der Waals surface area contributed by atoms with Gasteiger partial charge in [0.2, 0.25) is 5.39 Å². The highest BCUT2D eigenvalue weighted by molar-refractivity contribution is 7.08. The van der Waals surface area contributed by atoms with Gasteiger partial charge in [0.05, 0.1) is 5.38 Å². The van der Waals surface area contributed by atoms with E-state index >= 15 is 0 Å². The van der Waals surface area contributed by atoms with Crippen molar-refractivity contribution in [3.05, 3.63) is 21.8 Å². The molecular formula is C4H3N2S+. The van der Waals surface area contributed by atoms with E-state index in [2.05, 4.69) is 4.98 Å². The fraction of sp³-hybridized carbons (Fsp3) is 0. The average molecular weight is 111 g/mol. The van der Waals surface area contributed by atoms with Crippen LogP contribution in [0.5, 0.6) is 0 Å². The molecule has 34 valence electrons. The molecule has 0 aliphatic carbocycles. The Kier molecular flexibility index (Phi) is 1.05. The van der Waals surface area contributed by atoms with E-state index in [1.165, 1.54) is 11.3 Å². The molecule has 3 heteroatoms. The molecule has 0 aliphatic heterocycles. The zero-order chi connectivity index (χ0) is 5.11. The average Bonchev–Trinajstić information content (AvgIpc) is 2.14. The van der Waals surface area contributed by atoms with E-state index in [0.29, 0.717) is 5.69 Å². The Labute approximate surface area is 45.0 Å². The van der Waals surface area contributed by atoms with Gasteiger partial charge in [-0.3, -0.25) is 0 Å². The van der Waals surface area contributed by atoms with E-state index < -0.39 is 0 Å². The van der Waals surface area contributed by atoms with E-state index in [-0.39, 0.29) is 0 Å². The van der Waals surface area contributed by atoms with Crippen molar-refractivity contribution < 1.29 is 0 Å². The lowest BCUT2D eigenvalue weighted by atomic mass is 10.6. The van der Waals surface area contributed by atoms with Gasteiger partial charge in [0, 0.05) is 6.07 Å². The number of hydrogen-bond acceptors (Lipinski definition) is 2. The lowest BCUT2D eigenvalue weighted by molar-refractivity contribution is 1.47. The summed E-state index contributed by atoms with van der Waals surface area (Å²) >= 11 is 1.51. The molecule has 7 heavy (non-hydrogen) atoms. The third kappa shape index (κ3) is 0.756. The van der Waals surface area contributed by atoms with E-state index in [1.807, 2.05) is 5.38 Å². The maximum absolute atomic E-state index is 8.06. The molecule has 2 nitrogen and oxygen atoms in total. The summed E-state index contributed by atoms with van der Waals surface area (Å²) in [5.74, 6) is 0. The van der Waals surface area contributed by atoms with Crippen molar-refractivity contribution in [2.75, 3.05) is 0 Å². The Morgan fingerprint density at radius 3 is 2.86 bits per heavy atom. The summed E-state index contributed by atoms with van der Waals surface area (Å²) in [6.07, 6.45) is 0. The van der Waals surface area contributed by atoms with Crippen LogP contribution in [-0.2, 0) is 0 Å². The molecule has 0 saturated heterocycles.